The summed E-state index contributed by atoms with van der Waals surface area (Å²) < 4.78 is 10.3. The number of carbonyl (C=O) groups excluding carboxylic acids is 1. The van der Waals surface area contributed by atoms with Crippen LogP contribution in [0.15, 0.2) is 46.3 Å². The summed E-state index contributed by atoms with van der Waals surface area (Å²) >= 11 is 1.17. The maximum Gasteiger partial charge on any atom is 0.307 e. The van der Waals surface area contributed by atoms with E-state index in [1.54, 1.807) is 42.5 Å². The summed E-state index contributed by atoms with van der Waals surface area (Å²) in [5, 5.41) is 21.9. The van der Waals surface area contributed by atoms with Crippen LogP contribution in [0.2, 0.25) is 0 Å². The molecule has 3 N–H and O–H groups in total. The van der Waals surface area contributed by atoms with Gasteiger partial charge in [-0.3, -0.25) is 9.59 Å². The van der Waals surface area contributed by atoms with Crippen molar-refractivity contribution < 1.29 is 29.3 Å². The molecule has 0 radical (unpaired) electrons. The first-order chi connectivity index (χ1) is 13.9. The second-order valence-corrected chi connectivity index (χ2v) is 7.02. The van der Waals surface area contributed by atoms with Gasteiger partial charge in [-0.2, -0.15) is 0 Å². The largest absolute Gasteiger partial charge is 0.502 e. The Bertz CT molecular complexity index is 989. The number of carboxylic acids is 1. The second-order valence-electron chi connectivity index (χ2n) is 5.99. The third-order valence-electron chi connectivity index (χ3n) is 3.97. The van der Waals surface area contributed by atoms with E-state index in [-0.39, 0.29) is 29.6 Å². The van der Waals surface area contributed by atoms with Crippen LogP contribution in [0.5, 0.6) is 17.2 Å². The first-order valence-corrected chi connectivity index (χ1v) is 9.26. The van der Waals surface area contributed by atoms with Gasteiger partial charge in [-0.15, -0.1) is 0 Å². The highest BCUT2D eigenvalue weighted by molar-refractivity contribution is 8.18. The number of hydrogen-bond donors (Lipinski definition) is 3. The number of carboxylic acid groups (broad SMARTS) is 1. The van der Waals surface area contributed by atoms with Crippen LogP contribution in [-0.2, 0) is 16.0 Å². The van der Waals surface area contributed by atoms with Gasteiger partial charge >= 0.3 is 5.97 Å². The Hall–Kier alpha value is -3.46. The molecular weight excluding hydrogens is 396 g/mol. The predicted molar refractivity (Wildman–Crippen MR) is 110 cm³/mol. The lowest BCUT2D eigenvalue weighted by Crippen LogP contribution is -2.19. The SMILES string of the molecule is COc1cc(/C=C2/SC(=Nc3ccc(CC(=O)O)cc3)NC2=O)cc(OC)c1O. The number of amides is 1. The molecule has 0 spiro atoms. The van der Waals surface area contributed by atoms with E-state index in [0.717, 1.165) is 0 Å². The molecule has 1 saturated heterocycles. The summed E-state index contributed by atoms with van der Waals surface area (Å²) in [6.45, 7) is 0. The van der Waals surface area contributed by atoms with E-state index >= 15 is 0 Å². The number of hydrogen-bond acceptors (Lipinski definition) is 7. The van der Waals surface area contributed by atoms with E-state index in [2.05, 4.69) is 10.3 Å². The Morgan fingerprint density at radius 2 is 1.79 bits per heavy atom. The highest BCUT2D eigenvalue weighted by Gasteiger charge is 2.24. The molecule has 29 heavy (non-hydrogen) atoms. The average Bonchev–Trinajstić information content (AvgIpc) is 3.02. The van der Waals surface area contributed by atoms with Gasteiger partial charge < -0.3 is 25.0 Å². The van der Waals surface area contributed by atoms with Gasteiger partial charge in [-0.25, -0.2) is 4.99 Å². The van der Waals surface area contributed by atoms with Crippen LogP contribution in [0, 0.1) is 0 Å². The van der Waals surface area contributed by atoms with Gasteiger partial charge in [0.25, 0.3) is 5.91 Å². The quantitative estimate of drug-likeness (QED) is 0.622. The Balaban J connectivity index is 1.81. The van der Waals surface area contributed by atoms with Crippen LogP contribution in [-0.4, -0.2) is 41.5 Å². The molecular formula is C20H18N2O6S. The van der Waals surface area contributed by atoms with Gasteiger partial charge in [0.2, 0.25) is 5.75 Å². The van der Waals surface area contributed by atoms with E-state index < -0.39 is 5.97 Å². The number of benzene rings is 2. The first-order valence-electron chi connectivity index (χ1n) is 8.45. The molecule has 1 aliphatic heterocycles. The fourth-order valence-electron chi connectivity index (χ4n) is 2.61. The van der Waals surface area contributed by atoms with E-state index in [9.17, 15) is 14.7 Å². The van der Waals surface area contributed by atoms with Crippen molar-refractivity contribution in [1.82, 2.24) is 5.32 Å². The third kappa shape index (κ3) is 4.88. The van der Waals surface area contributed by atoms with E-state index in [4.69, 9.17) is 14.6 Å². The molecule has 2 aromatic rings. The molecule has 1 heterocycles. The number of thioether (sulfide) groups is 1. The lowest BCUT2D eigenvalue weighted by Gasteiger charge is -2.09. The summed E-state index contributed by atoms with van der Waals surface area (Å²) in [6.07, 6.45) is 1.58. The van der Waals surface area contributed by atoms with Crippen molar-refractivity contribution in [3.63, 3.8) is 0 Å². The topological polar surface area (TPSA) is 117 Å². The Kier molecular flexibility index (Phi) is 6.08. The Labute approximate surface area is 170 Å². The van der Waals surface area contributed by atoms with Gasteiger partial charge in [-0.05, 0) is 53.2 Å². The number of amidine groups is 1. The summed E-state index contributed by atoms with van der Waals surface area (Å²) in [4.78, 5) is 27.8. The Morgan fingerprint density at radius 1 is 1.17 bits per heavy atom. The molecule has 0 saturated carbocycles. The lowest BCUT2D eigenvalue weighted by molar-refractivity contribution is -0.136. The number of phenolic OH excluding ortho intramolecular Hbond substituents is 1. The van der Waals surface area contributed by atoms with Gasteiger partial charge in [0.1, 0.15) is 0 Å². The third-order valence-corrected chi connectivity index (χ3v) is 4.88. The van der Waals surface area contributed by atoms with Crippen LogP contribution in [0.1, 0.15) is 11.1 Å². The molecule has 1 fully saturated rings. The minimum absolute atomic E-state index is 0.0607. The Morgan fingerprint density at radius 3 is 2.34 bits per heavy atom. The number of carbonyl (C=O) groups is 2. The number of aromatic hydroxyl groups is 1. The van der Waals surface area contributed by atoms with E-state index in [1.165, 1.54) is 26.0 Å². The summed E-state index contributed by atoms with van der Waals surface area (Å²) in [7, 11) is 2.85. The predicted octanol–water partition coefficient (Wildman–Crippen LogP) is 2.93. The zero-order valence-electron chi connectivity index (χ0n) is 15.6. The van der Waals surface area contributed by atoms with Crippen LogP contribution >= 0.6 is 11.8 Å². The van der Waals surface area contributed by atoms with Crippen LogP contribution in [0.3, 0.4) is 0 Å². The number of nitrogens with zero attached hydrogens (tertiary/aromatic N) is 1. The van der Waals surface area contributed by atoms with Crippen LogP contribution in [0.25, 0.3) is 6.08 Å². The van der Waals surface area contributed by atoms with Gasteiger partial charge in [0, 0.05) is 0 Å². The molecule has 0 bridgehead atoms. The fraction of sp³-hybridized carbons (Fsp3) is 0.150. The zero-order chi connectivity index (χ0) is 21.0. The number of ether oxygens (including phenoxy) is 2. The van der Waals surface area contributed by atoms with Crippen LogP contribution < -0.4 is 14.8 Å². The van der Waals surface area contributed by atoms with Gasteiger partial charge in [0.15, 0.2) is 16.7 Å². The maximum absolute atomic E-state index is 12.3. The number of phenols is 1. The normalized spacial score (nSPS) is 16.1. The minimum atomic E-state index is -0.903. The molecule has 2 aromatic carbocycles. The molecule has 0 unspecified atom stereocenters. The van der Waals surface area contributed by atoms with Crippen molar-refractivity contribution in [2.75, 3.05) is 14.2 Å². The standard InChI is InChI=1S/C20H18N2O6S/c1-27-14-7-12(8-15(28-2)18(14)25)9-16-19(26)22-20(29-16)21-13-5-3-11(4-6-13)10-17(23)24/h3-9,25H,10H2,1-2H3,(H,23,24)(H,21,22,26)/b16-9+. The zero-order valence-corrected chi connectivity index (χ0v) is 16.4. The first kappa shape index (κ1) is 20.3. The molecule has 0 atom stereocenters. The highest BCUT2D eigenvalue weighted by Crippen LogP contribution is 2.38. The summed E-state index contributed by atoms with van der Waals surface area (Å²) in [5.74, 6) is -0.860. The number of aliphatic carboxylic acids is 1. The highest BCUT2D eigenvalue weighted by atomic mass is 32.2. The minimum Gasteiger partial charge on any atom is -0.502 e. The van der Waals surface area contributed by atoms with Crippen molar-refractivity contribution in [2.45, 2.75) is 6.42 Å². The lowest BCUT2D eigenvalue weighted by atomic mass is 10.1. The summed E-state index contributed by atoms with van der Waals surface area (Å²) in [6, 6.07) is 9.93. The molecule has 0 aromatic heterocycles. The van der Waals surface area contributed by atoms with Crippen molar-refractivity contribution in [1.29, 1.82) is 0 Å². The van der Waals surface area contributed by atoms with Crippen molar-refractivity contribution in [3.05, 3.63) is 52.4 Å². The average molecular weight is 414 g/mol. The molecule has 8 nitrogen and oxygen atoms in total. The second kappa shape index (κ2) is 8.70. The smallest absolute Gasteiger partial charge is 0.307 e. The number of methoxy groups -OCH3 is 2. The van der Waals surface area contributed by atoms with Crippen molar-refractivity contribution in [3.8, 4) is 17.2 Å². The molecule has 1 amide bonds. The molecule has 9 heteroatoms. The molecule has 0 aliphatic carbocycles. The van der Waals surface area contributed by atoms with Gasteiger partial charge in [0.05, 0.1) is 31.2 Å². The van der Waals surface area contributed by atoms with E-state index in [0.29, 0.717) is 26.9 Å². The van der Waals surface area contributed by atoms with Crippen molar-refractivity contribution in [2.24, 2.45) is 4.99 Å². The van der Waals surface area contributed by atoms with E-state index in [1.807, 2.05) is 0 Å². The van der Waals surface area contributed by atoms with Gasteiger partial charge in [-0.1, -0.05) is 12.1 Å². The number of nitrogens with one attached hydrogen (secondary N) is 1. The number of rotatable bonds is 6. The molecule has 150 valence electrons. The fourth-order valence-corrected chi connectivity index (χ4v) is 3.45. The number of aliphatic imine (C=N–C) groups is 1. The molecule has 3 rings (SSSR count). The van der Waals surface area contributed by atoms with Crippen molar-refractivity contribution >= 4 is 40.6 Å². The molecule has 1 aliphatic rings. The van der Waals surface area contributed by atoms with Crippen LogP contribution in [0.4, 0.5) is 5.69 Å². The summed E-state index contributed by atoms with van der Waals surface area (Å²) in [5.41, 5.74) is 1.88. The maximum atomic E-state index is 12.3. The monoisotopic (exact) mass is 414 g/mol.